The Hall–Kier alpha value is -3.30. The minimum absolute atomic E-state index is 0.137. The third kappa shape index (κ3) is 3.42. The fourth-order valence-corrected chi connectivity index (χ4v) is 4.29. The molecule has 3 heterocycles. The predicted octanol–water partition coefficient (Wildman–Crippen LogP) is 4.67. The number of nitrogens with zero attached hydrogens (tertiary/aromatic N) is 3. The number of hydrogen-bond acceptors (Lipinski definition) is 6. The molecule has 1 amide bonds. The zero-order valence-corrected chi connectivity index (χ0v) is 17.7. The number of anilines is 1. The second kappa shape index (κ2) is 7.51. The minimum atomic E-state index is -0.402. The normalized spacial score (nSPS) is 11.2. The first-order valence-corrected chi connectivity index (χ1v) is 10.6. The zero-order chi connectivity index (χ0) is 20.7. The summed E-state index contributed by atoms with van der Waals surface area (Å²) in [6.07, 6.45) is 1.36. The van der Waals surface area contributed by atoms with Gasteiger partial charge in [0.15, 0.2) is 5.13 Å². The van der Waals surface area contributed by atoms with Crippen LogP contribution in [0.2, 0.25) is 0 Å². The van der Waals surface area contributed by atoms with Crippen LogP contribution in [0.5, 0.6) is 0 Å². The molecular weight excluding hydrogens is 468 g/mol. The number of amides is 1. The number of furan rings is 1. The number of carbonyl (C=O) groups is 1. The highest BCUT2D eigenvalue weighted by atomic mass is 79.9. The van der Waals surface area contributed by atoms with Gasteiger partial charge in [-0.15, -0.1) is 11.3 Å². The van der Waals surface area contributed by atoms with Gasteiger partial charge in [-0.2, -0.15) is 0 Å². The van der Waals surface area contributed by atoms with Crippen LogP contribution in [0.4, 0.5) is 5.13 Å². The lowest BCUT2D eigenvalue weighted by Crippen LogP contribution is -2.27. The van der Waals surface area contributed by atoms with E-state index in [1.807, 2.05) is 47.8 Å². The lowest BCUT2D eigenvalue weighted by atomic mass is 10.2. The van der Waals surface area contributed by atoms with Crippen LogP contribution in [-0.2, 0) is 11.3 Å². The molecule has 0 spiro atoms. The molecule has 148 valence electrons. The lowest BCUT2D eigenvalue weighted by Gasteiger charge is -2.04. The number of rotatable bonds is 4. The third-order valence-electron chi connectivity index (χ3n) is 4.54. The quantitative estimate of drug-likeness (QED) is 0.403. The SMILES string of the molecule is O=C(Cn1cnc2c(oc3ccccc32)c1=O)Nc1nc(-c2cccc(Br)c2)cs1. The van der Waals surface area contributed by atoms with E-state index in [9.17, 15) is 9.59 Å². The molecule has 0 aliphatic rings. The van der Waals surface area contributed by atoms with Crippen molar-refractivity contribution in [2.75, 3.05) is 5.32 Å². The Morgan fingerprint density at radius 3 is 2.93 bits per heavy atom. The zero-order valence-electron chi connectivity index (χ0n) is 15.3. The van der Waals surface area contributed by atoms with E-state index in [-0.39, 0.29) is 18.0 Å². The van der Waals surface area contributed by atoms with E-state index in [0.717, 1.165) is 21.1 Å². The van der Waals surface area contributed by atoms with Crippen molar-refractivity contribution in [1.29, 1.82) is 0 Å². The molecule has 2 aromatic carbocycles. The molecule has 0 aliphatic carbocycles. The van der Waals surface area contributed by atoms with Crippen molar-refractivity contribution in [2.24, 2.45) is 0 Å². The first-order valence-electron chi connectivity index (χ1n) is 8.96. The molecule has 1 N–H and O–H groups in total. The van der Waals surface area contributed by atoms with E-state index in [2.05, 4.69) is 31.2 Å². The number of para-hydroxylation sites is 1. The Morgan fingerprint density at radius 1 is 1.20 bits per heavy atom. The first-order chi connectivity index (χ1) is 14.6. The van der Waals surface area contributed by atoms with Crippen LogP contribution in [0, 0.1) is 0 Å². The first kappa shape index (κ1) is 18.7. The maximum absolute atomic E-state index is 12.7. The third-order valence-corrected chi connectivity index (χ3v) is 5.79. The van der Waals surface area contributed by atoms with Gasteiger partial charge in [-0.05, 0) is 24.3 Å². The van der Waals surface area contributed by atoms with Gasteiger partial charge in [-0.1, -0.05) is 40.2 Å². The number of fused-ring (bicyclic) bond motifs is 3. The Labute approximate surface area is 182 Å². The van der Waals surface area contributed by atoms with Crippen molar-refractivity contribution in [1.82, 2.24) is 14.5 Å². The fourth-order valence-electron chi connectivity index (χ4n) is 3.15. The highest BCUT2D eigenvalue weighted by molar-refractivity contribution is 9.10. The summed E-state index contributed by atoms with van der Waals surface area (Å²) in [6, 6.07) is 15.1. The standard InChI is InChI=1S/C21H13BrN4O3S/c22-13-5-3-4-12(8-13)15-10-30-21(24-15)25-17(27)9-26-11-23-18-14-6-1-2-7-16(14)29-19(18)20(26)28/h1-8,10-11H,9H2,(H,24,25,27). The molecule has 0 aliphatic heterocycles. The number of carbonyl (C=O) groups excluding carboxylic acids is 1. The van der Waals surface area contributed by atoms with Crippen molar-refractivity contribution in [2.45, 2.75) is 6.54 Å². The van der Waals surface area contributed by atoms with Crippen molar-refractivity contribution in [3.8, 4) is 11.3 Å². The second-order valence-electron chi connectivity index (χ2n) is 6.55. The van der Waals surface area contributed by atoms with E-state index in [4.69, 9.17) is 4.42 Å². The summed E-state index contributed by atoms with van der Waals surface area (Å²) in [7, 11) is 0. The highest BCUT2D eigenvalue weighted by Crippen LogP contribution is 2.27. The van der Waals surface area contributed by atoms with Crippen LogP contribution in [-0.4, -0.2) is 20.4 Å². The predicted molar refractivity (Wildman–Crippen MR) is 120 cm³/mol. The smallest absolute Gasteiger partial charge is 0.297 e. The molecule has 0 bridgehead atoms. The fraction of sp³-hybridized carbons (Fsp3) is 0.0476. The summed E-state index contributed by atoms with van der Waals surface area (Å²) in [6.45, 7) is -0.190. The van der Waals surface area contributed by atoms with Gasteiger partial charge in [-0.3, -0.25) is 14.2 Å². The summed E-state index contributed by atoms with van der Waals surface area (Å²) in [4.78, 5) is 34.0. The maximum Gasteiger partial charge on any atom is 0.297 e. The van der Waals surface area contributed by atoms with Crippen LogP contribution in [0.3, 0.4) is 0 Å². The monoisotopic (exact) mass is 480 g/mol. The molecule has 0 unspecified atom stereocenters. The maximum atomic E-state index is 12.7. The number of nitrogens with one attached hydrogen (secondary N) is 1. The van der Waals surface area contributed by atoms with Gasteiger partial charge in [0.1, 0.15) is 17.6 Å². The second-order valence-corrected chi connectivity index (χ2v) is 8.32. The number of thiazole rings is 1. The molecular formula is C21H13BrN4O3S. The van der Waals surface area contributed by atoms with Gasteiger partial charge in [0.05, 0.1) is 12.0 Å². The summed E-state index contributed by atoms with van der Waals surface area (Å²) >= 11 is 4.76. The van der Waals surface area contributed by atoms with Gasteiger partial charge in [0.2, 0.25) is 11.5 Å². The van der Waals surface area contributed by atoms with Crippen LogP contribution in [0.1, 0.15) is 0 Å². The summed E-state index contributed by atoms with van der Waals surface area (Å²) < 4.78 is 7.82. The number of aromatic nitrogens is 3. The molecule has 0 radical (unpaired) electrons. The topological polar surface area (TPSA) is 90.0 Å². The molecule has 0 saturated heterocycles. The Bertz CT molecular complexity index is 1470. The summed E-state index contributed by atoms with van der Waals surface area (Å²) in [5.41, 5.74) is 2.52. The highest BCUT2D eigenvalue weighted by Gasteiger charge is 2.15. The van der Waals surface area contributed by atoms with Crippen LogP contribution in [0.25, 0.3) is 33.3 Å². The van der Waals surface area contributed by atoms with E-state index in [1.54, 1.807) is 6.07 Å². The number of halogens is 1. The van der Waals surface area contributed by atoms with E-state index < -0.39 is 5.56 Å². The summed E-state index contributed by atoms with van der Waals surface area (Å²) in [5.74, 6) is -0.371. The molecule has 3 aromatic heterocycles. The van der Waals surface area contributed by atoms with Crippen molar-refractivity contribution < 1.29 is 9.21 Å². The van der Waals surface area contributed by atoms with E-state index >= 15 is 0 Å². The number of hydrogen-bond donors (Lipinski definition) is 1. The van der Waals surface area contributed by atoms with Crippen LogP contribution >= 0.6 is 27.3 Å². The molecule has 0 fully saturated rings. The molecule has 0 saturated carbocycles. The summed E-state index contributed by atoms with van der Waals surface area (Å²) in [5, 5.41) is 5.83. The van der Waals surface area contributed by atoms with E-state index in [1.165, 1.54) is 22.2 Å². The molecule has 7 nitrogen and oxygen atoms in total. The van der Waals surface area contributed by atoms with Gasteiger partial charge < -0.3 is 9.73 Å². The molecule has 5 rings (SSSR count). The van der Waals surface area contributed by atoms with Crippen LogP contribution in [0.15, 0.2) is 73.9 Å². The Balaban J connectivity index is 1.37. The Morgan fingerprint density at radius 2 is 2.07 bits per heavy atom. The average molecular weight is 481 g/mol. The van der Waals surface area contributed by atoms with Gasteiger partial charge in [0.25, 0.3) is 5.56 Å². The van der Waals surface area contributed by atoms with Crippen molar-refractivity contribution >= 4 is 60.4 Å². The largest absolute Gasteiger partial charge is 0.448 e. The average Bonchev–Trinajstić information content (AvgIpc) is 3.35. The molecule has 9 heteroatoms. The van der Waals surface area contributed by atoms with Gasteiger partial charge >= 0.3 is 0 Å². The molecule has 30 heavy (non-hydrogen) atoms. The van der Waals surface area contributed by atoms with E-state index in [0.29, 0.717) is 16.2 Å². The van der Waals surface area contributed by atoms with Crippen molar-refractivity contribution in [3.05, 3.63) is 75.1 Å². The minimum Gasteiger partial charge on any atom is -0.448 e. The lowest BCUT2D eigenvalue weighted by molar-refractivity contribution is -0.116. The molecule has 0 atom stereocenters. The number of benzene rings is 2. The Kier molecular flexibility index (Phi) is 4.68. The van der Waals surface area contributed by atoms with Gasteiger partial charge in [0, 0.05) is 20.8 Å². The van der Waals surface area contributed by atoms with Gasteiger partial charge in [-0.25, -0.2) is 9.97 Å². The van der Waals surface area contributed by atoms with Crippen molar-refractivity contribution in [3.63, 3.8) is 0 Å². The molecule has 5 aromatic rings. The van der Waals surface area contributed by atoms with Crippen LogP contribution < -0.4 is 10.9 Å².